The van der Waals surface area contributed by atoms with Crippen LogP contribution in [0.2, 0.25) is 0 Å². The molecule has 1 aromatic heterocycles. The summed E-state index contributed by atoms with van der Waals surface area (Å²) in [5.74, 6) is -0.0266. The van der Waals surface area contributed by atoms with Gasteiger partial charge >= 0.3 is 5.97 Å². The van der Waals surface area contributed by atoms with Gasteiger partial charge in [0.2, 0.25) is 0 Å². The summed E-state index contributed by atoms with van der Waals surface area (Å²) in [6, 6.07) is 4.98. The van der Waals surface area contributed by atoms with E-state index in [9.17, 15) is 9.90 Å². The summed E-state index contributed by atoms with van der Waals surface area (Å²) < 4.78 is 6.73. The van der Waals surface area contributed by atoms with Gasteiger partial charge in [-0.05, 0) is 19.1 Å². The first kappa shape index (κ1) is 11.4. The second-order valence-corrected chi connectivity index (χ2v) is 3.67. The number of fused-ring (bicyclic) bond motifs is 1. The lowest BCUT2D eigenvalue weighted by atomic mass is 10.3. The quantitative estimate of drug-likeness (QED) is 0.818. The fourth-order valence-corrected chi connectivity index (χ4v) is 1.68. The topological polar surface area (TPSA) is 64.4 Å². The molecule has 1 heterocycles. The number of nitrogens with zero attached hydrogens (tertiary/aromatic N) is 2. The van der Waals surface area contributed by atoms with Gasteiger partial charge in [0.05, 0.1) is 30.4 Å². The maximum atomic E-state index is 11.2. The van der Waals surface area contributed by atoms with Crippen molar-refractivity contribution in [1.82, 2.24) is 9.55 Å². The molecule has 0 radical (unpaired) electrons. The van der Waals surface area contributed by atoms with Crippen molar-refractivity contribution in [3.63, 3.8) is 0 Å². The molecular formula is C12H14N2O3. The number of imidazole rings is 1. The van der Waals surface area contributed by atoms with E-state index in [4.69, 9.17) is 4.74 Å². The minimum absolute atomic E-state index is 0.188. The van der Waals surface area contributed by atoms with Crippen molar-refractivity contribution in [3.8, 4) is 5.75 Å². The smallest absolute Gasteiger partial charge is 0.307 e. The van der Waals surface area contributed by atoms with Crippen LogP contribution in [0, 0.1) is 0 Å². The lowest BCUT2D eigenvalue weighted by Gasteiger charge is -2.04. The highest BCUT2D eigenvalue weighted by molar-refractivity contribution is 5.77. The molecule has 1 aromatic carbocycles. The molecule has 0 bridgehead atoms. The number of hydrogen-bond donors (Lipinski definition) is 1. The van der Waals surface area contributed by atoms with E-state index in [1.54, 1.807) is 31.5 Å². The van der Waals surface area contributed by atoms with Crippen molar-refractivity contribution >= 4 is 17.0 Å². The van der Waals surface area contributed by atoms with E-state index >= 15 is 0 Å². The van der Waals surface area contributed by atoms with Gasteiger partial charge in [-0.25, -0.2) is 4.98 Å². The molecule has 0 atom stereocenters. The fourth-order valence-electron chi connectivity index (χ4n) is 1.68. The summed E-state index contributed by atoms with van der Waals surface area (Å²) in [5, 5.41) is 9.30. The van der Waals surface area contributed by atoms with E-state index in [0.717, 1.165) is 5.52 Å². The number of rotatable bonds is 4. The fraction of sp³-hybridized carbons (Fsp3) is 0.333. The number of carbonyl (C=O) groups is 1. The van der Waals surface area contributed by atoms with E-state index in [-0.39, 0.29) is 11.7 Å². The van der Waals surface area contributed by atoms with Crippen LogP contribution in [-0.2, 0) is 16.1 Å². The number of carbonyl (C=O) groups excluding carboxylic acids is 1. The third kappa shape index (κ3) is 2.55. The number of aromatic nitrogens is 2. The van der Waals surface area contributed by atoms with Crippen LogP contribution in [0.15, 0.2) is 24.5 Å². The molecule has 0 unspecified atom stereocenters. The number of aromatic hydroxyl groups is 1. The Kier molecular flexibility index (Phi) is 3.27. The maximum absolute atomic E-state index is 11.2. The highest BCUT2D eigenvalue weighted by Crippen LogP contribution is 2.18. The van der Waals surface area contributed by atoms with Gasteiger partial charge in [-0.1, -0.05) is 0 Å². The van der Waals surface area contributed by atoms with Crippen LogP contribution >= 0.6 is 0 Å². The molecule has 2 aromatic rings. The summed E-state index contributed by atoms with van der Waals surface area (Å²) >= 11 is 0. The van der Waals surface area contributed by atoms with E-state index in [1.807, 2.05) is 4.57 Å². The zero-order valence-corrected chi connectivity index (χ0v) is 9.59. The summed E-state index contributed by atoms with van der Waals surface area (Å²) in [6.07, 6.45) is 1.98. The molecule has 0 saturated carbocycles. The zero-order chi connectivity index (χ0) is 12.3. The van der Waals surface area contributed by atoms with E-state index in [2.05, 4.69) is 4.98 Å². The Bertz CT molecular complexity index is 534. The lowest BCUT2D eigenvalue weighted by molar-refractivity contribution is -0.143. The van der Waals surface area contributed by atoms with Crippen LogP contribution in [0.5, 0.6) is 5.75 Å². The summed E-state index contributed by atoms with van der Waals surface area (Å²) in [7, 11) is 0. The van der Waals surface area contributed by atoms with E-state index in [1.165, 1.54) is 0 Å². The van der Waals surface area contributed by atoms with Crippen LogP contribution in [0.4, 0.5) is 0 Å². The molecular weight excluding hydrogens is 220 g/mol. The third-order valence-corrected chi connectivity index (χ3v) is 2.47. The van der Waals surface area contributed by atoms with Gasteiger partial charge in [-0.2, -0.15) is 0 Å². The number of phenolic OH excluding ortho intramolecular Hbond substituents is 1. The van der Waals surface area contributed by atoms with Gasteiger partial charge in [0, 0.05) is 12.6 Å². The minimum Gasteiger partial charge on any atom is -0.508 e. The Balaban J connectivity index is 2.11. The van der Waals surface area contributed by atoms with Crippen molar-refractivity contribution in [2.75, 3.05) is 6.61 Å². The molecule has 90 valence electrons. The number of phenols is 1. The highest BCUT2D eigenvalue weighted by atomic mass is 16.5. The average Bonchev–Trinajstić information content (AvgIpc) is 2.69. The molecule has 0 spiro atoms. The molecule has 17 heavy (non-hydrogen) atoms. The highest BCUT2D eigenvalue weighted by Gasteiger charge is 2.06. The van der Waals surface area contributed by atoms with E-state index in [0.29, 0.717) is 25.1 Å². The molecule has 0 aliphatic carbocycles. The average molecular weight is 234 g/mol. The summed E-state index contributed by atoms with van der Waals surface area (Å²) in [6.45, 7) is 2.71. The first-order chi connectivity index (χ1) is 8.20. The monoisotopic (exact) mass is 234 g/mol. The number of esters is 1. The van der Waals surface area contributed by atoms with E-state index < -0.39 is 0 Å². The largest absolute Gasteiger partial charge is 0.508 e. The lowest BCUT2D eigenvalue weighted by Crippen LogP contribution is -2.08. The standard InChI is InChI=1S/C12H14N2O3/c1-2-17-12(16)5-6-14-8-13-10-7-9(15)3-4-11(10)14/h3-4,7-8,15H,2,5-6H2,1H3. The van der Waals surface area contributed by atoms with Crippen molar-refractivity contribution in [2.45, 2.75) is 19.9 Å². The minimum atomic E-state index is -0.215. The second-order valence-electron chi connectivity index (χ2n) is 3.67. The van der Waals surface area contributed by atoms with Crippen LogP contribution in [0.25, 0.3) is 11.0 Å². The van der Waals surface area contributed by atoms with Gasteiger partial charge in [0.25, 0.3) is 0 Å². The Morgan fingerprint density at radius 3 is 3.12 bits per heavy atom. The normalized spacial score (nSPS) is 10.6. The molecule has 0 fully saturated rings. The Morgan fingerprint density at radius 1 is 1.53 bits per heavy atom. The molecule has 0 saturated heterocycles. The predicted molar refractivity (Wildman–Crippen MR) is 62.6 cm³/mol. The molecule has 5 nitrogen and oxygen atoms in total. The third-order valence-electron chi connectivity index (χ3n) is 2.47. The first-order valence-corrected chi connectivity index (χ1v) is 5.50. The first-order valence-electron chi connectivity index (χ1n) is 5.50. The zero-order valence-electron chi connectivity index (χ0n) is 9.59. The van der Waals surface area contributed by atoms with Crippen molar-refractivity contribution < 1.29 is 14.6 Å². The maximum Gasteiger partial charge on any atom is 0.307 e. The Morgan fingerprint density at radius 2 is 2.35 bits per heavy atom. The summed E-state index contributed by atoms with van der Waals surface area (Å²) in [4.78, 5) is 15.4. The molecule has 2 rings (SSSR count). The Labute approximate surface area is 98.6 Å². The molecule has 0 aliphatic rings. The number of hydrogen-bond acceptors (Lipinski definition) is 4. The molecule has 0 amide bonds. The SMILES string of the molecule is CCOC(=O)CCn1cnc2cc(O)ccc21. The number of benzene rings is 1. The van der Waals surface area contributed by atoms with Gasteiger partial charge in [0.15, 0.2) is 0 Å². The number of aryl methyl sites for hydroxylation is 1. The van der Waals surface area contributed by atoms with Crippen molar-refractivity contribution in [2.24, 2.45) is 0 Å². The molecule has 1 N–H and O–H groups in total. The van der Waals surface area contributed by atoms with Crippen molar-refractivity contribution in [1.29, 1.82) is 0 Å². The predicted octanol–water partition coefficient (Wildman–Crippen LogP) is 1.70. The van der Waals surface area contributed by atoms with Gasteiger partial charge in [-0.15, -0.1) is 0 Å². The van der Waals surface area contributed by atoms with Gasteiger partial charge < -0.3 is 14.4 Å². The van der Waals surface area contributed by atoms with Crippen LogP contribution in [-0.4, -0.2) is 27.2 Å². The van der Waals surface area contributed by atoms with Crippen molar-refractivity contribution in [3.05, 3.63) is 24.5 Å². The van der Waals surface area contributed by atoms with Crippen LogP contribution < -0.4 is 0 Å². The summed E-state index contributed by atoms with van der Waals surface area (Å²) in [5.41, 5.74) is 1.61. The van der Waals surface area contributed by atoms with Crippen LogP contribution in [0.3, 0.4) is 0 Å². The van der Waals surface area contributed by atoms with Gasteiger partial charge in [-0.3, -0.25) is 4.79 Å². The molecule has 5 heteroatoms. The molecule has 0 aliphatic heterocycles. The van der Waals surface area contributed by atoms with Gasteiger partial charge in [0.1, 0.15) is 5.75 Å². The number of ether oxygens (including phenoxy) is 1. The Hall–Kier alpha value is -2.04. The van der Waals surface area contributed by atoms with Crippen LogP contribution in [0.1, 0.15) is 13.3 Å². The second kappa shape index (κ2) is 4.86.